The van der Waals surface area contributed by atoms with Crippen LogP contribution in [0.2, 0.25) is 0 Å². The maximum atomic E-state index is 12.7. The number of benzene rings is 1. The first-order valence-corrected chi connectivity index (χ1v) is 6.70. The Morgan fingerprint density at radius 2 is 2.19 bits per heavy atom. The summed E-state index contributed by atoms with van der Waals surface area (Å²) in [5, 5.41) is 11.1. The Balaban J connectivity index is 1.92. The number of rotatable bonds is 3. The van der Waals surface area contributed by atoms with Gasteiger partial charge in [0.2, 0.25) is 5.82 Å². The van der Waals surface area contributed by atoms with Gasteiger partial charge in [0.05, 0.1) is 4.92 Å². The molecule has 0 fully saturated rings. The molecule has 0 unspecified atom stereocenters. The third-order valence-corrected chi connectivity index (χ3v) is 3.70. The summed E-state index contributed by atoms with van der Waals surface area (Å²) in [6.45, 7) is 0.725. The van der Waals surface area contributed by atoms with Gasteiger partial charge in [-0.1, -0.05) is 18.2 Å². The van der Waals surface area contributed by atoms with E-state index in [9.17, 15) is 14.5 Å². The van der Waals surface area contributed by atoms with E-state index in [1.807, 2.05) is 17.0 Å². The maximum absolute atomic E-state index is 12.7. The molecule has 0 amide bonds. The Bertz CT molecular complexity index is 690. The molecule has 0 bridgehead atoms. The van der Waals surface area contributed by atoms with Crippen molar-refractivity contribution >= 4 is 11.5 Å². The van der Waals surface area contributed by atoms with E-state index in [2.05, 4.69) is 4.98 Å². The molecule has 1 aliphatic heterocycles. The zero-order valence-corrected chi connectivity index (χ0v) is 11.3. The number of alkyl halides is 1. The molecule has 21 heavy (non-hydrogen) atoms. The minimum atomic E-state index is -0.470. The highest BCUT2D eigenvalue weighted by Crippen LogP contribution is 2.30. The van der Waals surface area contributed by atoms with E-state index in [1.165, 1.54) is 6.07 Å². The number of anilines is 1. The molecule has 0 aliphatic carbocycles. The lowest BCUT2D eigenvalue weighted by molar-refractivity contribution is -0.384. The van der Waals surface area contributed by atoms with Crippen molar-refractivity contribution < 1.29 is 9.31 Å². The average molecular weight is 287 g/mol. The normalized spacial score (nSPS) is 13.9. The van der Waals surface area contributed by atoms with Crippen molar-refractivity contribution in [2.24, 2.45) is 0 Å². The van der Waals surface area contributed by atoms with E-state index in [0.717, 1.165) is 17.5 Å². The largest absolute Gasteiger partial charge is 0.346 e. The predicted octanol–water partition coefficient (Wildman–Crippen LogP) is 3.02. The average Bonchev–Trinajstić information content (AvgIpc) is 2.53. The number of pyridine rings is 1. The fourth-order valence-electron chi connectivity index (χ4n) is 2.64. The third kappa shape index (κ3) is 2.56. The van der Waals surface area contributed by atoms with Gasteiger partial charge in [-0.2, -0.15) is 0 Å². The van der Waals surface area contributed by atoms with E-state index >= 15 is 0 Å². The van der Waals surface area contributed by atoms with Crippen LogP contribution in [0.4, 0.5) is 15.9 Å². The standard InChI is InChI=1S/C15H14FN3O2/c16-9-11-3-4-13-10-18(7-5-12(13)8-11)15-14(19(20)21)2-1-6-17-15/h1-4,6,8H,5,7,9-10H2. The van der Waals surface area contributed by atoms with Gasteiger partial charge in [-0.15, -0.1) is 0 Å². The smallest absolute Gasteiger partial charge is 0.311 e. The second-order valence-corrected chi connectivity index (χ2v) is 5.01. The van der Waals surface area contributed by atoms with Crippen molar-refractivity contribution in [2.75, 3.05) is 11.4 Å². The molecule has 0 saturated carbocycles. The van der Waals surface area contributed by atoms with Gasteiger partial charge in [0.1, 0.15) is 6.67 Å². The van der Waals surface area contributed by atoms with Crippen molar-refractivity contribution in [3.05, 3.63) is 63.3 Å². The van der Waals surface area contributed by atoms with Crippen LogP contribution in [0.25, 0.3) is 0 Å². The fourth-order valence-corrected chi connectivity index (χ4v) is 2.64. The number of hydrogen-bond donors (Lipinski definition) is 0. The van der Waals surface area contributed by atoms with Crippen LogP contribution in [0.1, 0.15) is 16.7 Å². The van der Waals surface area contributed by atoms with Crippen LogP contribution in [0, 0.1) is 10.1 Å². The molecule has 108 valence electrons. The molecule has 2 heterocycles. The molecule has 0 atom stereocenters. The van der Waals surface area contributed by atoms with Crippen LogP contribution < -0.4 is 4.90 Å². The van der Waals surface area contributed by atoms with E-state index < -0.39 is 11.6 Å². The maximum Gasteiger partial charge on any atom is 0.311 e. The number of aromatic nitrogens is 1. The van der Waals surface area contributed by atoms with Gasteiger partial charge >= 0.3 is 5.69 Å². The fraction of sp³-hybridized carbons (Fsp3) is 0.267. The van der Waals surface area contributed by atoms with Gasteiger partial charge in [-0.05, 0) is 29.2 Å². The summed E-state index contributed by atoms with van der Waals surface area (Å²) in [6, 6.07) is 8.55. The highest BCUT2D eigenvalue weighted by atomic mass is 19.1. The zero-order chi connectivity index (χ0) is 14.8. The molecule has 2 aromatic rings. The molecule has 0 saturated heterocycles. The second kappa shape index (κ2) is 5.47. The van der Waals surface area contributed by atoms with Gasteiger partial charge in [0, 0.05) is 25.4 Å². The number of nitro groups is 1. The molecule has 1 aliphatic rings. The summed E-state index contributed by atoms with van der Waals surface area (Å²) in [5.74, 6) is 0.391. The van der Waals surface area contributed by atoms with Crippen LogP contribution >= 0.6 is 0 Å². The Morgan fingerprint density at radius 3 is 2.95 bits per heavy atom. The topological polar surface area (TPSA) is 59.3 Å². The van der Waals surface area contributed by atoms with E-state index in [4.69, 9.17) is 0 Å². The molecule has 1 aromatic carbocycles. The van der Waals surface area contributed by atoms with Gasteiger partial charge in [-0.3, -0.25) is 10.1 Å². The van der Waals surface area contributed by atoms with Gasteiger partial charge in [0.25, 0.3) is 0 Å². The Morgan fingerprint density at radius 1 is 1.33 bits per heavy atom. The van der Waals surface area contributed by atoms with Crippen molar-refractivity contribution in [1.29, 1.82) is 0 Å². The summed E-state index contributed by atoms with van der Waals surface area (Å²) in [6.07, 6.45) is 2.29. The quantitative estimate of drug-likeness (QED) is 0.643. The number of halogens is 1. The summed E-state index contributed by atoms with van der Waals surface area (Å²) in [4.78, 5) is 16.7. The molecular formula is C15H14FN3O2. The Kier molecular flexibility index (Phi) is 3.51. The van der Waals surface area contributed by atoms with E-state index in [1.54, 1.807) is 18.3 Å². The number of hydrogen-bond acceptors (Lipinski definition) is 4. The van der Waals surface area contributed by atoms with Crippen LogP contribution in [0.5, 0.6) is 0 Å². The first kappa shape index (κ1) is 13.5. The predicted molar refractivity (Wildman–Crippen MR) is 76.9 cm³/mol. The molecule has 0 spiro atoms. The van der Waals surface area contributed by atoms with Crippen LogP contribution in [0.15, 0.2) is 36.5 Å². The van der Waals surface area contributed by atoms with Gasteiger partial charge in [-0.25, -0.2) is 9.37 Å². The molecular weight excluding hydrogens is 273 g/mol. The van der Waals surface area contributed by atoms with Crippen molar-refractivity contribution in [1.82, 2.24) is 4.98 Å². The summed E-state index contributed by atoms with van der Waals surface area (Å²) < 4.78 is 12.7. The Hall–Kier alpha value is -2.50. The molecule has 1 aromatic heterocycles. The van der Waals surface area contributed by atoms with Gasteiger partial charge < -0.3 is 4.90 Å². The van der Waals surface area contributed by atoms with E-state index in [-0.39, 0.29) is 5.69 Å². The highest BCUT2D eigenvalue weighted by Gasteiger charge is 2.24. The van der Waals surface area contributed by atoms with Crippen molar-refractivity contribution in [3.63, 3.8) is 0 Å². The highest BCUT2D eigenvalue weighted by molar-refractivity contribution is 5.58. The number of fused-ring (bicyclic) bond motifs is 1. The first-order valence-electron chi connectivity index (χ1n) is 6.70. The SMILES string of the molecule is O=[N+]([O-])c1cccnc1N1CCc2cc(CF)ccc2C1. The summed E-state index contributed by atoms with van der Waals surface area (Å²) >= 11 is 0. The minimum Gasteiger partial charge on any atom is -0.346 e. The van der Waals surface area contributed by atoms with Crippen molar-refractivity contribution in [3.8, 4) is 0 Å². The lowest BCUT2D eigenvalue weighted by Gasteiger charge is -2.29. The molecule has 5 nitrogen and oxygen atoms in total. The van der Waals surface area contributed by atoms with Crippen molar-refractivity contribution in [2.45, 2.75) is 19.6 Å². The number of nitrogens with zero attached hydrogens (tertiary/aromatic N) is 3. The summed E-state index contributed by atoms with van der Waals surface area (Å²) in [5.41, 5.74) is 2.87. The molecule has 6 heteroatoms. The lowest BCUT2D eigenvalue weighted by Crippen LogP contribution is -2.31. The minimum absolute atomic E-state index is 0.0151. The molecule has 0 radical (unpaired) electrons. The summed E-state index contributed by atoms with van der Waals surface area (Å²) in [7, 11) is 0. The third-order valence-electron chi connectivity index (χ3n) is 3.70. The zero-order valence-electron chi connectivity index (χ0n) is 11.3. The first-order chi connectivity index (χ1) is 10.2. The van der Waals surface area contributed by atoms with Crippen LogP contribution in [0.3, 0.4) is 0 Å². The molecule has 0 N–H and O–H groups in total. The Labute approximate surface area is 121 Å². The lowest BCUT2D eigenvalue weighted by atomic mass is 9.97. The van der Waals surface area contributed by atoms with Crippen LogP contribution in [-0.2, 0) is 19.6 Å². The monoisotopic (exact) mass is 287 g/mol. The van der Waals surface area contributed by atoms with Crippen LogP contribution in [-0.4, -0.2) is 16.5 Å². The molecule has 3 rings (SSSR count). The van der Waals surface area contributed by atoms with E-state index in [0.29, 0.717) is 24.5 Å². The second-order valence-electron chi connectivity index (χ2n) is 5.01. The van der Waals surface area contributed by atoms with Gasteiger partial charge in [0.15, 0.2) is 0 Å².